The minimum atomic E-state index is -0.735. The number of anilines is 1. The van der Waals surface area contributed by atoms with E-state index in [9.17, 15) is 20.2 Å². The minimum absolute atomic E-state index is 0.0852. The zero-order chi connectivity index (χ0) is 18.4. The maximum Gasteiger partial charge on any atom is 0.271 e. The predicted molar refractivity (Wildman–Crippen MR) is 93.3 cm³/mol. The third kappa shape index (κ3) is 4.34. The zero-order valence-corrected chi connectivity index (χ0v) is 13.8. The molecule has 126 valence electrons. The molecule has 0 heterocycles. The van der Waals surface area contributed by atoms with E-state index >= 15 is 0 Å². The van der Waals surface area contributed by atoms with Crippen molar-refractivity contribution in [2.45, 2.75) is 0 Å². The first-order chi connectivity index (χ1) is 12.0. The fourth-order valence-corrected chi connectivity index (χ4v) is 2.18. The Kier molecular flexibility index (Phi) is 5.71. The first-order valence-electron chi connectivity index (χ1n) is 6.96. The molecule has 1 amide bonds. The van der Waals surface area contributed by atoms with E-state index in [4.69, 9.17) is 16.3 Å². The van der Waals surface area contributed by atoms with Crippen molar-refractivity contribution in [3.05, 3.63) is 68.7 Å². The van der Waals surface area contributed by atoms with Crippen LogP contribution in [0, 0.1) is 21.4 Å². The van der Waals surface area contributed by atoms with E-state index in [0.717, 1.165) is 6.07 Å². The summed E-state index contributed by atoms with van der Waals surface area (Å²) >= 11 is 6.01. The van der Waals surface area contributed by atoms with Crippen LogP contribution < -0.4 is 10.1 Å². The zero-order valence-electron chi connectivity index (χ0n) is 13.0. The van der Waals surface area contributed by atoms with Crippen LogP contribution in [-0.4, -0.2) is 17.9 Å². The number of ether oxygens (including phenoxy) is 1. The van der Waals surface area contributed by atoms with E-state index in [0.29, 0.717) is 10.6 Å². The number of nitro benzene ring substituents is 1. The van der Waals surface area contributed by atoms with E-state index in [2.05, 4.69) is 5.32 Å². The van der Waals surface area contributed by atoms with Crippen molar-refractivity contribution in [3.63, 3.8) is 0 Å². The Morgan fingerprint density at radius 3 is 2.68 bits per heavy atom. The summed E-state index contributed by atoms with van der Waals surface area (Å²) < 4.78 is 5.07. The number of halogens is 1. The number of hydrogen-bond donors (Lipinski definition) is 1. The van der Waals surface area contributed by atoms with Crippen LogP contribution >= 0.6 is 11.6 Å². The molecule has 2 aromatic rings. The van der Waals surface area contributed by atoms with E-state index in [1.54, 1.807) is 30.3 Å². The van der Waals surface area contributed by atoms with Crippen molar-refractivity contribution in [2.24, 2.45) is 0 Å². The number of methoxy groups -OCH3 is 1. The predicted octanol–water partition coefficient (Wildman–Crippen LogP) is 3.80. The van der Waals surface area contributed by atoms with Crippen molar-refractivity contribution in [1.82, 2.24) is 0 Å². The lowest BCUT2D eigenvalue weighted by Crippen LogP contribution is -2.14. The highest BCUT2D eigenvalue weighted by atomic mass is 35.5. The fourth-order valence-electron chi connectivity index (χ4n) is 1.99. The van der Waals surface area contributed by atoms with Gasteiger partial charge in [-0.25, -0.2) is 0 Å². The quantitative estimate of drug-likeness (QED) is 0.379. The van der Waals surface area contributed by atoms with Crippen LogP contribution in [0.25, 0.3) is 6.08 Å². The van der Waals surface area contributed by atoms with Crippen molar-refractivity contribution in [2.75, 3.05) is 12.4 Å². The molecule has 2 rings (SSSR count). The van der Waals surface area contributed by atoms with E-state index in [1.807, 2.05) is 0 Å². The largest absolute Gasteiger partial charge is 0.495 e. The van der Waals surface area contributed by atoms with Crippen LogP contribution in [0.4, 0.5) is 11.4 Å². The summed E-state index contributed by atoms with van der Waals surface area (Å²) in [5.74, 6) is -0.504. The smallest absolute Gasteiger partial charge is 0.271 e. The van der Waals surface area contributed by atoms with Gasteiger partial charge in [-0.1, -0.05) is 29.8 Å². The summed E-state index contributed by atoms with van der Waals surface area (Å²) in [5, 5.41) is 22.9. The maximum absolute atomic E-state index is 12.3. The molecule has 0 radical (unpaired) electrons. The molecule has 2 aromatic carbocycles. The van der Waals surface area contributed by atoms with Crippen LogP contribution in [0.15, 0.2) is 48.0 Å². The molecule has 0 bridgehead atoms. The molecule has 0 saturated heterocycles. The molecule has 0 fully saturated rings. The highest BCUT2D eigenvalue weighted by molar-refractivity contribution is 6.32. The summed E-state index contributed by atoms with van der Waals surface area (Å²) in [6.45, 7) is 0. The van der Waals surface area contributed by atoms with Crippen molar-refractivity contribution in [3.8, 4) is 11.8 Å². The van der Waals surface area contributed by atoms with E-state index < -0.39 is 10.8 Å². The number of carbonyl (C=O) groups is 1. The molecular formula is C17H12ClN3O4. The van der Waals surface area contributed by atoms with Gasteiger partial charge < -0.3 is 10.1 Å². The second kappa shape index (κ2) is 7.95. The summed E-state index contributed by atoms with van der Waals surface area (Å²) in [6, 6.07) is 12.3. The molecule has 7 nitrogen and oxygen atoms in total. The monoisotopic (exact) mass is 357 g/mol. The lowest BCUT2D eigenvalue weighted by molar-refractivity contribution is -0.384. The Morgan fingerprint density at radius 1 is 1.36 bits per heavy atom. The van der Waals surface area contributed by atoms with Crippen LogP contribution in [0.2, 0.25) is 5.02 Å². The molecule has 0 unspecified atom stereocenters. The number of nitrogens with one attached hydrogen (secondary N) is 1. The van der Waals surface area contributed by atoms with Crippen LogP contribution in [0.3, 0.4) is 0 Å². The Bertz CT molecular complexity index is 903. The lowest BCUT2D eigenvalue weighted by Gasteiger charge is -2.09. The van der Waals surface area contributed by atoms with Gasteiger partial charge in [0, 0.05) is 17.2 Å². The summed E-state index contributed by atoms with van der Waals surface area (Å²) in [4.78, 5) is 22.6. The van der Waals surface area contributed by atoms with Gasteiger partial charge in [0.1, 0.15) is 17.4 Å². The first-order valence-corrected chi connectivity index (χ1v) is 7.34. The van der Waals surface area contributed by atoms with Gasteiger partial charge in [0.15, 0.2) is 0 Å². The average Bonchev–Trinajstić information content (AvgIpc) is 2.60. The number of amides is 1. The second-order valence-corrected chi connectivity index (χ2v) is 5.19. The summed E-state index contributed by atoms with van der Waals surface area (Å²) in [5.41, 5.74) is 0.162. The Morgan fingerprint density at radius 2 is 2.08 bits per heavy atom. The van der Waals surface area contributed by atoms with Gasteiger partial charge in [-0.3, -0.25) is 14.9 Å². The molecule has 8 heteroatoms. The molecule has 0 saturated carbocycles. The molecule has 1 N–H and O–H groups in total. The molecule has 25 heavy (non-hydrogen) atoms. The number of nitro groups is 1. The number of rotatable bonds is 5. The molecule has 0 atom stereocenters. The lowest BCUT2D eigenvalue weighted by atomic mass is 10.1. The van der Waals surface area contributed by atoms with Crippen LogP contribution in [0.5, 0.6) is 5.75 Å². The second-order valence-electron chi connectivity index (χ2n) is 4.79. The first kappa shape index (κ1) is 18.0. The van der Waals surface area contributed by atoms with Gasteiger partial charge in [-0.05, 0) is 23.8 Å². The fraction of sp³-hybridized carbons (Fsp3) is 0.0588. The average molecular weight is 358 g/mol. The number of non-ortho nitro benzene ring substituents is 1. The van der Waals surface area contributed by atoms with Crippen LogP contribution in [0.1, 0.15) is 5.56 Å². The minimum Gasteiger partial charge on any atom is -0.495 e. The third-order valence-electron chi connectivity index (χ3n) is 3.21. The maximum atomic E-state index is 12.3. The number of benzene rings is 2. The van der Waals surface area contributed by atoms with Gasteiger partial charge in [-0.15, -0.1) is 0 Å². The highest BCUT2D eigenvalue weighted by Crippen LogP contribution is 2.29. The van der Waals surface area contributed by atoms with E-state index in [1.165, 1.54) is 25.3 Å². The molecule has 0 aliphatic heterocycles. The van der Waals surface area contributed by atoms with Gasteiger partial charge >= 0.3 is 0 Å². The van der Waals surface area contributed by atoms with E-state index in [-0.39, 0.29) is 22.7 Å². The number of nitrogens with zero attached hydrogens (tertiary/aromatic N) is 2. The topological polar surface area (TPSA) is 105 Å². The van der Waals surface area contributed by atoms with Gasteiger partial charge in [0.25, 0.3) is 11.6 Å². The standard InChI is InChI=1S/C17H12ClN3O4/c1-25-16-7-6-13(21(23)24)9-15(16)20-17(22)12(10-19)8-11-4-2-3-5-14(11)18/h2-9H,1H3,(H,20,22)/b12-8+. The Hall–Kier alpha value is -3.37. The summed E-state index contributed by atoms with van der Waals surface area (Å²) in [7, 11) is 1.36. The Labute approximate surface area is 148 Å². The number of hydrogen-bond acceptors (Lipinski definition) is 5. The molecule has 0 aliphatic carbocycles. The van der Waals surface area contributed by atoms with Crippen LogP contribution in [-0.2, 0) is 4.79 Å². The SMILES string of the molecule is COc1ccc([N+](=O)[O-])cc1NC(=O)/C(C#N)=C/c1ccccc1Cl. The van der Waals surface area contributed by atoms with Gasteiger partial charge in [0.05, 0.1) is 17.7 Å². The Balaban J connectivity index is 2.35. The molecular weight excluding hydrogens is 346 g/mol. The number of carbonyl (C=O) groups excluding carboxylic acids is 1. The summed E-state index contributed by atoms with van der Waals surface area (Å²) in [6.07, 6.45) is 1.33. The third-order valence-corrected chi connectivity index (χ3v) is 3.56. The van der Waals surface area contributed by atoms with Crippen molar-refractivity contribution < 1.29 is 14.5 Å². The number of nitriles is 1. The van der Waals surface area contributed by atoms with Gasteiger partial charge in [0.2, 0.25) is 0 Å². The normalized spacial score (nSPS) is 10.7. The molecule has 0 aromatic heterocycles. The van der Waals surface area contributed by atoms with Crippen molar-refractivity contribution in [1.29, 1.82) is 5.26 Å². The molecule has 0 spiro atoms. The highest BCUT2D eigenvalue weighted by Gasteiger charge is 2.16. The van der Waals surface area contributed by atoms with Crippen molar-refractivity contribution >= 4 is 35.0 Å². The van der Waals surface area contributed by atoms with Gasteiger partial charge in [-0.2, -0.15) is 5.26 Å². The molecule has 0 aliphatic rings.